The number of carbonyl (C=O) groups is 3. The van der Waals surface area contributed by atoms with Gasteiger partial charge in [0.05, 0.1) is 0 Å². The van der Waals surface area contributed by atoms with Gasteiger partial charge in [-0.15, -0.1) is 0 Å². The number of fused-ring (bicyclic) bond motifs is 1. The summed E-state index contributed by atoms with van der Waals surface area (Å²) in [6.07, 6.45) is 1.42. The normalized spacial score (nSPS) is 26.3. The molecule has 5 heteroatoms. The molecule has 0 aromatic heterocycles. The van der Waals surface area contributed by atoms with Crippen molar-refractivity contribution in [1.82, 2.24) is 5.32 Å². The maximum absolute atomic E-state index is 12.4. The Morgan fingerprint density at radius 3 is 2.63 bits per heavy atom. The van der Waals surface area contributed by atoms with E-state index in [4.69, 9.17) is 0 Å². The summed E-state index contributed by atoms with van der Waals surface area (Å²) >= 11 is 2.22. The lowest BCUT2D eigenvalue weighted by atomic mass is 9.83. The van der Waals surface area contributed by atoms with Crippen LogP contribution in [0.2, 0.25) is 0 Å². The number of nitrogens with one attached hydrogen (secondary N) is 1. The molecule has 0 bridgehead atoms. The first kappa shape index (κ1) is 12.8. The SMILES string of the molecule is O=C1CCC(C2Cc3c(I)cccc3C2=O)C(=O)N1. The number of rotatable bonds is 1. The highest BCUT2D eigenvalue weighted by atomic mass is 127. The average molecular weight is 369 g/mol. The summed E-state index contributed by atoms with van der Waals surface area (Å²) < 4.78 is 1.07. The van der Waals surface area contributed by atoms with Gasteiger partial charge in [-0.1, -0.05) is 12.1 Å². The summed E-state index contributed by atoms with van der Waals surface area (Å²) in [5.74, 6) is -1.16. The van der Waals surface area contributed by atoms with E-state index in [1.165, 1.54) is 0 Å². The van der Waals surface area contributed by atoms with Gasteiger partial charge in [0.2, 0.25) is 11.8 Å². The molecule has 1 aliphatic heterocycles. The minimum Gasteiger partial charge on any atom is -0.296 e. The Hall–Kier alpha value is -1.24. The highest BCUT2D eigenvalue weighted by molar-refractivity contribution is 14.1. The van der Waals surface area contributed by atoms with Crippen LogP contribution in [0.5, 0.6) is 0 Å². The molecule has 2 unspecified atom stereocenters. The van der Waals surface area contributed by atoms with E-state index in [-0.39, 0.29) is 29.4 Å². The summed E-state index contributed by atoms with van der Waals surface area (Å²) in [6, 6.07) is 5.66. The summed E-state index contributed by atoms with van der Waals surface area (Å²) in [5.41, 5.74) is 1.78. The lowest BCUT2D eigenvalue weighted by Crippen LogP contribution is -2.44. The highest BCUT2D eigenvalue weighted by Gasteiger charge is 2.42. The number of piperidine rings is 1. The van der Waals surface area contributed by atoms with E-state index in [0.29, 0.717) is 19.3 Å². The Morgan fingerprint density at radius 2 is 1.95 bits per heavy atom. The van der Waals surface area contributed by atoms with Gasteiger partial charge in [0.25, 0.3) is 0 Å². The van der Waals surface area contributed by atoms with Gasteiger partial charge in [0.15, 0.2) is 5.78 Å². The number of hydrogen-bond acceptors (Lipinski definition) is 3. The molecule has 3 rings (SSSR count). The number of imide groups is 1. The quantitative estimate of drug-likeness (QED) is 0.606. The largest absolute Gasteiger partial charge is 0.296 e. The Balaban J connectivity index is 1.90. The number of hydrogen-bond donors (Lipinski definition) is 1. The second-order valence-electron chi connectivity index (χ2n) is 5.00. The van der Waals surface area contributed by atoms with Gasteiger partial charge in [-0.05, 0) is 47.1 Å². The zero-order valence-electron chi connectivity index (χ0n) is 10.1. The molecule has 2 atom stereocenters. The van der Waals surface area contributed by atoms with Gasteiger partial charge in [-0.2, -0.15) is 0 Å². The topological polar surface area (TPSA) is 63.2 Å². The molecule has 0 radical (unpaired) electrons. The summed E-state index contributed by atoms with van der Waals surface area (Å²) in [7, 11) is 0. The summed E-state index contributed by atoms with van der Waals surface area (Å²) in [5, 5.41) is 2.34. The summed E-state index contributed by atoms with van der Waals surface area (Å²) in [4.78, 5) is 35.5. The van der Waals surface area contributed by atoms with Crippen LogP contribution in [0.1, 0.15) is 28.8 Å². The maximum atomic E-state index is 12.4. The second-order valence-corrected chi connectivity index (χ2v) is 6.16. The lowest BCUT2D eigenvalue weighted by Gasteiger charge is -2.24. The van der Waals surface area contributed by atoms with E-state index >= 15 is 0 Å². The standard InChI is InChI=1S/C14H12INO3/c15-11-3-1-2-7-9(11)6-10(13(7)18)8-4-5-12(17)16-14(8)19/h1-3,8,10H,4-6H2,(H,16,17,19). The molecule has 1 aromatic rings. The van der Waals surface area contributed by atoms with Crippen LogP contribution in [0.3, 0.4) is 0 Å². The van der Waals surface area contributed by atoms with E-state index in [1.807, 2.05) is 18.2 Å². The minimum absolute atomic E-state index is 0.0445. The zero-order valence-corrected chi connectivity index (χ0v) is 12.3. The maximum Gasteiger partial charge on any atom is 0.230 e. The molecular formula is C14H12INO3. The first-order valence-electron chi connectivity index (χ1n) is 6.23. The van der Waals surface area contributed by atoms with E-state index in [0.717, 1.165) is 14.7 Å². The van der Waals surface area contributed by atoms with Crippen LogP contribution >= 0.6 is 22.6 Å². The molecular weight excluding hydrogens is 357 g/mol. The second kappa shape index (κ2) is 4.70. The summed E-state index contributed by atoms with van der Waals surface area (Å²) in [6.45, 7) is 0. The fourth-order valence-corrected chi connectivity index (χ4v) is 3.65. The van der Waals surface area contributed by atoms with Crippen LogP contribution in [0.4, 0.5) is 0 Å². The number of halogens is 1. The third-order valence-electron chi connectivity index (χ3n) is 3.91. The third-order valence-corrected chi connectivity index (χ3v) is 4.92. The lowest BCUT2D eigenvalue weighted by molar-refractivity contribution is -0.137. The Kier molecular flexibility index (Phi) is 3.16. The van der Waals surface area contributed by atoms with Crippen LogP contribution in [0.15, 0.2) is 18.2 Å². The van der Waals surface area contributed by atoms with Crippen LogP contribution in [-0.2, 0) is 16.0 Å². The van der Waals surface area contributed by atoms with Gasteiger partial charge >= 0.3 is 0 Å². The monoisotopic (exact) mass is 369 g/mol. The molecule has 2 amide bonds. The van der Waals surface area contributed by atoms with Gasteiger partial charge in [-0.3, -0.25) is 19.7 Å². The molecule has 1 aliphatic carbocycles. The first-order chi connectivity index (χ1) is 9.08. The highest BCUT2D eigenvalue weighted by Crippen LogP contribution is 2.36. The van der Waals surface area contributed by atoms with Crippen molar-refractivity contribution in [2.45, 2.75) is 19.3 Å². The van der Waals surface area contributed by atoms with Crippen molar-refractivity contribution in [1.29, 1.82) is 0 Å². The predicted octanol–water partition coefficient (Wildman–Crippen LogP) is 1.70. The minimum atomic E-state index is -0.367. The van der Waals surface area contributed by atoms with E-state index in [1.54, 1.807) is 0 Å². The van der Waals surface area contributed by atoms with Gasteiger partial charge in [0.1, 0.15) is 0 Å². The number of benzene rings is 1. The van der Waals surface area contributed by atoms with E-state index in [9.17, 15) is 14.4 Å². The van der Waals surface area contributed by atoms with Crippen molar-refractivity contribution in [3.05, 3.63) is 32.9 Å². The molecule has 1 heterocycles. The van der Waals surface area contributed by atoms with Crippen molar-refractivity contribution < 1.29 is 14.4 Å². The van der Waals surface area contributed by atoms with Gasteiger partial charge in [-0.25, -0.2) is 0 Å². The fourth-order valence-electron chi connectivity index (χ4n) is 2.93. The predicted molar refractivity (Wildman–Crippen MR) is 76.6 cm³/mol. The molecule has 1 N–H and O–H groups in total. The number of amides is 2. The van der Waals surface area contributed by atoms with Crippen molar-refractivity contribution in [3.8, 4) is 0 Å². The molecule has 1 fully saturated rings. The Morgan fingerprint density at radius 1 is 1.16 bits per heavy atom. The van der Waals surface area contributed by atoms with E-state index in [2.05, 4.69) is 27.9 Å². The Labute approximate surface area is 124 Å². The van der Waals surface area contributed by atoms with Gasteiger partial charge < -0.3 is 0 Å². The third kappa shape index (κ3) is 2.09. The van der Waals surface area contributed by atoms with Crippen LogP contribution in [0.25, 0.3) is 0 Å². The average Bonchev–Trinajstić information content (AvgIpc) is 2.69. The molecule has 1 saturated heterocycles. The molecule has 4 nitrogen and oxygen atoms in total. The molecule has 98 valence electrons. The smallest absolute Gasteiger partial charge is 0.230 e. The molecule has 0 saturated carbocycles. The van der Waals surface area contributed by atoms with Crippen molar-refractivity contribution >= 4 is 40.2 Å². The van der Waals surface area contributed by atoms with Crippen molar-refractivity contribution in [2.24, 2.45) is 11.8 Å². The van der Waals surface area contributed by atoms with Crippen molar-refractivity contribution in [3.63, 3.8) is 0 Å². The van der Waals surface area contributed by atoms with Gasteiger partial charge in [0, 0.05) is 27.4 Å². The van der Waals surface area contributed by atoms with E-state index < -0.39 is 0 Å². The zero-order chi connectivity index (χ0) is 13.6. The number of carbonyl (C=O) groups excluding carboxylic acids is 3. The first-order valence-corrected chi connectivity index (χ1v) is 7.31. The van der Waals surface area contributed by atoms with Crippen LogP contribution in [0, 0.1) is 15.4 Å². The Bertz CT molecular complexity index is 596. The molecule has 0 spiro atoms. The fraction of sp³-hybridized carbons (Fsp3) is 0.357. The molecule has 2 aliphatic rings. The number of Topliss-reactive ketones (excluding diaryl/α,β-unsaturated/α-hetero) is 1. The van der Waals surface area contributed by atoms with Crippen LogP contribution < -0.4 is 5.32 Å². The van der Waals surface area contributed by atoms with Crippen LogP contribution in [-0.4, -0.2) is 17.6 Å². The van der Waals surface area contributed by atoms with Crippen molar-refractivity contribution in [2.75, 3.05) is 0 Å². The number of ketones is 1. The molecule has 1 aromatic carbocycles. The molecule has 19 heavy (non-hydrogen) atoms.